The highest BCUT2D eigenvalue weighted by atomic mass is 35.5. The molecule has 1 N–H and O–H groups in total. The van der Waals surface area contributed by atoms with Crippen LogP contribution in [0.25, 0.3) is 17.1 Å². The third-order valence-corrected chi connectivity index (χ3v) is 6.14. The van der Waals surface area contributed by atoms with Crippen LogP contribution in [0.15, 0.2) is 78.0 Å². The normalized spacial score (nSPS) is 10.8. The summed E-state index contributed by atoms with van der Waals surface area (Å²) < 4.78 is 1.95. The number of aromatic nitrogens is 3. The molecule has 156 valence electrons. The van der Waals surface area contributed by atoms with Gasteiger partial charge in [0, 0.05) is 22.0 Å². The van der Waals surface area contributed by atoms with E-state index in [4.69, 9.17) is 11.6 Å². The SMILES string of the molecule is Cc1cccc(NC(=O)CSc2nnc(-c3ccccc3)n2-c2ccc(Cl)cc2)c1C. The summed E-state index contributed by atoms with van der Waals surface area (Å²) in [7, 11) is 0. The minimum atomic E-state index is -0.0920. The number of nitrogens with one attached hydrogen (secondary N) is 1. The molecule has 0 unspecified atom stereocenters. The number of hydrogen-bond donors (Lipinski definition) is 1. The molecule has 1 amide bonds. The van der Waals surface area contributed by atoms with E-state index in [9.17, 15) is 4.79 Å². The monoisotopic (exact) mass is 448 g/mol. The van der Waals surface area contributed by atoms with Crippen molar-refractivity contribution < 1.29 is 4.79 Å². The molecule has 7 heteroatoms. The molecule has 0 aliphatic carbocycles. The summed E-state index contributed by atoms with van der Waals surface area (Å²) in [5, 5.41) is 13.0. The van der Waals surface area contributed by atoms with E-state index in [2.05, 4.69) is 15.5 Å². The molecule has 0 bridgehead atoms. The van der Waals surface area contributed by atoms with E-state index in [1.54, 1.807) is 0 Å². The Bertz CT molecular complexity index is 1210. The van der Waals surface area contributed by atoms with Crippen molar-refractivity contribution in [1.29, 1.82) is 0 Å². The molecule has 1 aromatic heterocycles. The van der Waals surface area contributed by atoms with Gasteiger partial charge in [-0.15, -0.1) is 10.2 Å². The summed E-state index contributed by atoms with van der Waals surface area (Å²) in [5.41, 5.74) is 4.86. The van der Waals surface area contributed by atoms with Crippen molar-refractivity contribution in [2.24, 2.45) is 0 Å². The number of rotatable bonds is 6. The first-order chi connectivity index (χ1) is 15.0. The number of nitrogens with zero attached hydrogens (tertiary/aromatic N) is 3. The lowest BCUT2D eigenvalue weighted by Gasteiger charge is -2.12. The molecule has 0 saturated heterocycles. The lowest BCUT2D eigenvalue weighted by Crippen LogP contribution is -2.15. The van der Waals surface area contributed by atoms with Crippen LogP contribution < -0.4 is 5.32 Å². The Morgan fingerprint density at radius 1 is 0.968 bits per heavy atom. The van der Waals surface area contributed by atoms with E-state index in [-0.39, 0.29) is 11.7 Å². The number of amides is 1. The molecular weight excluding hydrogens is 428 g/mol. The minimum Gasteiger partial charge on any atom is -0.325 e. The van der Waals surface area contributed by atoms with Crippen LogP contribution in [0.1, 0.15) is 11.1 Å². The topological polar surface area (TPSA) is 59.8 Å². The molecule has 4 aromatic rings. The summed E-state index contributed by atoms with van der Waals surface area (Å²) in [6.45, 7) is 4.03. The number of anilines is 1. The van der Waals surface area contributed by atoms with Crippen LogP contribution in [0.2, 0.25) is 5.02 Å². The maximum absolute atomic E-state index is 12.6. The van der Waals surface area contributed by atoms with Gasteiger partial charge in [-0.3, -0.25) is 9.36 Å². The highest BCUT2D eigenvalue weighted by molar-refractivity contribution is 7.99. The fourth-order valence-electron chi connectivity index (χ4n) is 3.16. The smallest absolute Gasteiger partial charge is 0.234 e. The van der Waals surface area contributed by atoms with Gasteiger partial charge in [-0.05, 0) is 55.3 Å². The number of thioether (sulfide) groups is 1. The molecule has 0 atom stereocenters. The van der Waals surface area contributed by atoms with Gasteiger partial charge < -0.3 is 5.32 Å². The predicted molar refractivity (Wildman–Crippen MR) is 127 cm³/mol. The first-order valence-electron chi connectivity index (χ1n) is 9.78. The van der Waals surface area contributed by atoms with Gasteiger partial charge in [0.05, 0.1) is 5.75 Å². The summed E-state index contributed by atoms with van der Waals surface area (Å²) in [6.07, 6.45) is 0. The molecular formula is C24H21ClN4OS. The van der Waals surface area contributed by atoms with Crippen molar-refractivity contribution in [2.45, 2.75) is 19.0 Å². The molecule has 0 fully saturated rings. The van der Waals surface area contributed by atoms with E-state index in [0.717, 1.165) is 28.1 Å². The van der Waals surface area contributed by atoms with Crippen LogP contribution in [0.3, 0.4) is 0 Å². The maximum Gasteiger partial charge on any atom is 0.234 e. The average molecular weight is 449 g/mol. The molecule has 0 radical (unpaired) electrons. The summed E-state index contributed by atoms with van der Waals surface area (Å²) in [5.74, 6) is 0.833. The molecule has 0 aliphatic heterocycles. The lowest BCUT2D eigenvalue weighted by molar-refractivity contribution is -0.113. The van der Waals surface area contributed by atoms with E-state index < -0.39 is 0 Å². The number of hydrogen-bond acceptors (Lipinski definition) is 4. The minimum absolute atomic E-state index is 0.0920. The predicted octanol–water partition coefficient (Wildman–Crippen LogP) is 5.94. The largest absolute Gasteiger partial charge is 0.325 e. The van der Waals surface area contributed by atoms with Gasteiger partial charge in [0.25, 0.3) is 0 Å². The second-order valence-electron chi connectivity index (χ2n) is 7.07. The van der Waals surface area contributed by atoms with Crippen LogP contribution >= 0.6 is 23.4 Å². The number of carbonyl (C=O) groups excluding carboxylic acids is 1. The maximum atomic E-state index is 12.6. The quantitative estimate of drug-likeness (QED) is 0.371. The molecule has 31 heavy (non-hydrogen) atoms. The molecule has 3 aromatic carbocycles. The fourth-order valence-corrected chi connectivity index (χ4v) is 4.04. The van der Waals surface area contributed by atoms with Gasteiger partial charge >= 0.3 is 0 Å². The third kappa shape index (κ3) is 4.81. The highest BCUT2D eigenvalue weighted by Crippen LogP contribution is 2.29. The van der Waals surface area contributed by atoms with Crippen molar-refractivity contribution in [3.05, 3.63) is 88.9 Å². The Hall–Kier alpha value is -3.09. The van der Waals surface area contributed by atoms with Gasteiger partial charge in [-0.2, -0.15) is 0 Å². The molecule has 1 heterocycles. The van der Waals surface area contributed by atoms with Crippen molar-refractivity contribution >= 4 is 35.0 Å². The van der Waals surface area contributed by atoms with Crippen molar-refractivity contribution in [3.63, 3.8) is 0 Å². The number of carbonyl (C=O) groups is 1. The van der Waals surface area contributed by atoms with Crippen LogP contribution in [0.4, 0.5) is 5.69 Å². The summed E-state index contributed by atoms with van der Waals surface area (Å²) in [6, 6.07) is 23.2. The first-order valence-corrected chi connectivity index (χ1v) is 11.1. The lowest BCUT2D eigenvalue weighted by atomic mass is 10.1. The first kappa shape index (κ1) is 21.2. The second-order valence-corrected chi connectivity index (χ2v) is 8.45. The third-order valence-electron chi connectivity index (χ3n) is 4.96. The van der Waals surface area contributed by atoms with Crippen molar-refractivity contribution in [2.75, 3.05) is 11.1 Å². The average Bonchev–Trinajstić information content (AvgIpc) is 3.21. The van der Waals surface area contributed by atoms with Crippen LogP contribution in [0.5, 0.6) is 0 Å². The van der Waals surface area contributed by atoms with E-state index in [1.165, 1.54) is 11.8 Å². The number of halogens is 1. The van der Waals surface area contributed by atoms with E-state index in [1.807, 2.05) is 91.2 Å². The zero-order valence-electron chi connectivity index (χ0n) is 17.2. The fraction of sp³-hybridized carbons (Fsp3) is 0.125. The Labute approximate surface area is 190 Å². The van der Waals surface area contributed by atoms with Crippen molar-refractivity contribution in [3.8, 4) is 17.1 Å². The van der Waals surface area contributed by atoms with Crippen LogP contribution in [-0.4, -0.2) is 26.4 Å². The van der Waals surface area contributed by atoms with Gasteiger partial charge in [0.1, 0.15) is 0 Å². The van der Waals surface area contributed by atoms with Crippen LogP contribution in [-0.2, 0) is 4.79 Å². The number of aryl methyl sites for hydroxylation is 1. The second kappa shape index (κ2) is 9.37. The van der Waals surface area contributed by atoms with Crippen molar-refractivity contribution in [1.82, 2.24) is 14.8 Å². The molecule has 0 aliphatic rings. The van der Waals surface area contributed by atoms with Gasteiger partial charge in [0.15, 0.2) is 11.0 Å². The summed E-state index contributed by atoms with van der Waals surface area (Å²) in [4.78, 5) is 12.6. The van der Waals surface area contributed by atoms with Crippen LogP contribution in [0, 0.1) is 13.8 Å². The Balaban J connectivity index is 1.59. The molecule has 0 saturated carbocycles. The van der Waals surface area contributed by atoms with Gasteiger partial charge in [-0.1, -0.05) is 65.8 Å². The molecule has 4 rings (SSSR count). The Morgan fingerprint density at radius 2 is 1.71 bits per heavy atom. The molecule has 0 spiro atoms. The zero-order chi connectivity index (χ0) is 21.8. The number of benzene rings is 3. The Morgan fingerprint density at radius 3 is 2.45 bits per heavy atom. The van der Waals surface area contributed by atoms with E-state index >= 15 is 0 Å². The Kier molecular flexibility index (Phi) is 6.39. The zero-order valence-corrected chi connectivity index (χ0v) is 18.7. The highest BCUT2D eigenvalue weighted by Gasteiger charge is 2.17. The van der Waals surface area contributed by atoms with Gasteiger partial charge in [0.2, 0.25) is 5.91 Å². The molecule has 5 nitrogen and oxygen atoms in total. The van der Waals surface area contributed by atoms with E-state index in [0.29, 0.717) is 16.0 Å². The van der Waals surface area contributed by atoms with Gasteiger partial charge in [-0.25, -0.2) is 0 Å². The standard InChI is InChI=1S/C24H21ClN4OS/c1-16-7-6-10-21(17(16)2)26-22(30)15-31-24-28-27-23(18-8-4-3-5-9-18)29(24)20-13-11-19(25)12-14-20/h3-14H,15H2,1-2H3,(H,26,30). The summed E-state index contributed by atoms with van der Waals surface area (Å²) >= 11 is 7.42.